The molecule has 6 heteroatoms. The summed E-state index contributed by atoms with van der Waals surface area (Å²) in [6.45, 7) is 0. The van der Waals surface area contributed by atoms with Crippen molar-refractivity contribution >= 4 is 17.7 Å². The van der Waals surface area contributed by atoms with Crippen LogP contribution < -0.4 is 0 Å². The van der Waals surface area contributed by atoms with Gasteiger partial charge in [0, 0.05) is 12.8 Å². The third kappa shape index (κ3) is 9.98. The zero-order valence-electron chi connectivity index (χ0n) is 13.2. The second-order valence-corrected chi connectivity index (χ2v) is 5.07. The zero-order chi connectivity index (χ0) is 17.1. The number of aliphatic carboxylic acids is 2. The molecule has 24 heavy (non-hydrogen) atoms. The van der Waals surface area contributed by atoms with Crippen LogP contribution >= 0.6 is 0 Å². The molecule has 0 unspecified atom stereocenters. The van der Waals surface area contributed by atoms with Crippen LogP contribution in [-0.4, -0.2) is 27.9 Å². The van der Waals surface area contributed by atoms with E-state index in [-0.39, 0.29) is 42.1 Å². The van der Waals surface area contributed by atoms with Gasteiger partial charge in [-0.05, 0) is 12.8 Å². The van der Waals surface area contributed by atoms with Crippen LogP contribution in [0.25, 0.3) is 0 Å². The van der Waals surface area contributed by atoms with Crippen molar-refractivity contribution in [3.05, 3.63) is 47.6 Å². The van der Waals surface area contributed by atoms with E-state index in [0.717, 1.165) is 24.8 Å². The molecule has 0 bridgehead atoms. The summed E-state index contributed by atoms with van der Waals surface area (Å²) < 4.78 is 0. The predicted octanol–water partition coefficient (Wildman–Crippen LogP) is 3.04. The van der Waals surface area contributed by atoms with Crippen LogP contribution in [0.2, 0.25) is 0 Å². The molecule has 2 aliphatic carbocycles. The number of carboxylic acid groups (broad SMARTS) is 2. The fourth-order valence-electron chi connectivity index (χ4n) is 2.00. The van der Waals surface area contributed by atoms with E-state index in [1.165, 1.54) is 0 Å². The molecular formula is C18H20FeO5. The first-order valence-corrected chi connectivity index (χ1v) is 7.49. The average Bonchev–Trinajstić information content (AvgIpc) is 3.18. The van der Waals surface area contributed by atoms with E-state index in [1.807, 2.05) is 18.2 Å². The van der Waals surface area contributed by atoms with Crippen molar-refractivity contribution in [2.75, 3.05) is 0 Å². The van der Waals surface area contributed by atoms with Crippen LogP contribution in [0.15, 0.2) is 35.5 Å². The Balaban J connectivity index is 0.000000425. The molecule has 2 N–H and O–H groups in total. The quantitative estimate of drug-likeness (QED) is 0.505. The molecule has 0 atom stereocenters. The first kappa shape index (κ1) is 22.1. The zero-order valence-corrected chi connectivity index (χ0v) is 14.3. The largest absolute Gasteiger partial charge is 2.00 e. The minimum absolute atomic E-state index is 0. The molecule has 0 spiro atoms. The van der Waals surface area contributed by atoms with Crippen molar-refractivity contribution in [3.63, 3.8) is 0 Å². The van der Waals surface area contributed by atoms with Gasteiger partial charge in [0.1, 0.15) is 0 Å². The average molecular weight is 372 g/mol. The molecule has 0 aromatic heterocycles. The molecule has 130 valence electrons. The maximum absolute atomic E-state index is 11.1. The third-order valence-electron chi connectivity index (χ3n) is 3.16. The van der Waals surface area contributed by atoms with Gasteiger partial charge in [-0.25, -0.2) is 11.6 Å². The summed E-state index contributed by atoms with van der Waals surface area (Å²) in [6, 6.07) is 0. The maximum Gasteiger partial charge on any atom is 2.00 e. The van der Waals surface area contributed by atoms with Gasteiger partial charge in [-0.2, -0.15) is 23.8 Å². The Morgan fingerprint density at radius 2 is 1.54 bits per heavy atom. The van der Waals surface area contributed by atoms with E-state index >= 15 is 0 Å². The Morgan fingerprint density at radius 3 is 2.04 bits per heavy atom. The van der Waals surface area contributed by atoms with E-state index in [2.05, 4.69) is 12.2 Å². The van der Waals surface area contributed by atoms with Gasteiger partial charge < -0.3 is 15.0 Å². The van der Waals surface area contributed by atoms with Gasteiger partial charge in [0.2, 0.25) is 0 Å². The maximum atomic E-state index is 11.1. The molecule has 0 radical (unpaired) electrons. The number of hydrogen-bond donors (Lipinski definition) is 2. The SMILES string of the molecule is O=C(O)CCC(=O)C1=[C-]CC=C1.O=C(O)CCCC1=[C-]CC=C1.[Fe+2]. The number of hydrogen-bond acceptors (Lipinski definition) is 3. The van der Waals surface area contributed by atoms with Gasteiger partial charge in [-0.15, -0.1) is 12.5 Å². The van der Waals surface area contributed by atoms with Crippen molar-refractivity contribution < 1.29 is 41.7 Å². The Kier molecular flexibility index (Phi) is 11.5. The van der Waals surface area contributed by atoms with Gasteiger partial charge >= 0.3 is 29.0 Å². The molecule has 2 rings (SSSR count). The molecule has 0 saturated heterocycles. The standard InChI is InChI=1S/C9H9O3.C9H11O2.Fe/c10-8(5-6-9(11)12)7-3-1-2-4-7;10-9(11)7-3-6-8-4-1-2-5-8;/h1,3H,2,5-6H2,(H,11,12);1,4H,2-3,6-7H2,(H,10,11);/q2*-1;+2. The van der Waals surface area contributed by atoms with Crippen molar-refractivity contribution in [2.24, 2.45) is 0 Å². The number of rotatable bonds is 8. The van der Waals surface area contributed by atoms with Crippen LogP contribution in [0.3, 0.4) is 0 Å². The molecule has 0 amide bonds. The predicted molar refractivity (Wildman–Crippen MR) is 84.4 cm³/mol. The molecule has 0 aliphatic heterocycles. The minimum Gasteiger partial charge on any atom is -0.481 e. The molecule has 0 heterocycles. The normalized spacial score (nSPS) is 14.2. The Labute approximate surface area is 152 Å². The molecule has 5 nitrogen and oxygen atoms in total. The van der Waals surface area contributed by atoms with Crippen LogP contribution in [-0.2, 0) is 31.5 Å². The minimum atomic E-state index is -0.939. The Bertz CT molecular complexity index is 570. The summed E-state index contributed by atoms with van der Waals surface area (Å²) in [6.07, 6.45) is 16.9. The van der Waals surface area contributed by atoms with Crippen LogP contribution in [0, 0.1) is 12.2 Å². The number of Topliss-reactive ketones (excluding diaryl/α,β-unsaturated/α-hetero) is 1. The fourth-order valence-corrected chi connectivity index (χ4v) is 2.00. The molecule has 0 fully saturated rings. The van der Waals surface area contributed by atoms with E-state index in [9.17, 15) is 14.4 Å². The van der Waals surface area contributed by atoms with E-state index in [4.69, 9.17) is 10.2 Å². The van der Waals surface area contributed by atoms with Crippen molar-refractivity contribution in [3.8, 4) is 0 Å². The van der Waals surface area contributed by atoms with Gasteiger partial charge in [-0.1, -0.05) is 12.8 Å². The fraction of sp³-hybridized carbons (Fsp3) is 0.389. The number of carbonyl (C=O) groups excluding carboxylic acids is 1. The Hall–Kier alpha value is -1.91. The summed E-state index contributed by atoms with van der Waals surface area (Å²) in [5, 5.41) is 16.6. The monoisotopic (exact) mass is 372 g/mol. The van der Waals surface area contributed by atoms with Crippen molar-refractivity contribution in [1.29, 1.82) is 0 Å². The van der Waals surface area contributed by atoms with Crippen molar-refractivity contribution in [2.45, 2.75) is 44.9 Å². The molecular weight excluding hydrogens is 352 g/mol. The summed E-state index contributed by atoms with van der Waals surface area (Å²) in [4.78, 5) is 31.4. The van der Waals surface area contributed by atoms with Gasteiger partial charge in [-0.3, -0.25) is 15.7 Å². The van der Waals surface area contributed by atoms with Crippen molar-refractivity contribution in [1.82, 2.24) is 0 Å². The smallest absolute Gasteiger partial charge is 0.481 e. The second kappa shape index (κ2) is 12.5. The first-order chi connectivity index (χ1) is 11.0. The summed E-state index contributed by atoms with van der Waals surface area (Å²) in [7, 11) is 0. The molecule has 0 aromatic carbocycles. The summed E-state index contributed by atoms with van der Waals surface area (Å²) in [5.74, 6) is -1.79. The summed E-state index contributed by atoms with van der Waals surface area (Å²) >= 11 is 0. The van der Waals surface area contributed by atoms with E-state index in [0.29, 0.717) is 12.0 Å². The number of allylic oxidation sites excluding steroid dienone is 8. The van der Waals surface area contributed by atoms with Gasteiger partial charge in [0.25, 0.3) is 0 Å². The topological polar surface area (TPSA) is 91.7 Å². The van der Waals surface area contributed by atoms with Crippen LogP contribution in [0.5, 0.6) is 0 Å². The molecule has 0 saturated carbocycles. The first-order valence-electron chi connectivity index (χ1n) is 7.49. The number of ketones is 1. The molecule has 0 aromatic rings. The van der Waals surface area contributed by atoms with Crippen LogP contribution in [0.1, 0.15) is 44.9 Å². The summed E-state index contributed by atoms with van der Waals surface area (Å²) in [5.41, 5.74) is 1.68. The molecule has 2 aliphatic rings. The Morgan fingerprint density at radius 1 is 0.917 bits per heavy atom. The van der Waals surface area contributed by atoms with E-state index < -0.39 is 11.9 Å². The van der Waals surface area contributed by atoms with Gasteiger partial charge in [0.15, 0.2) is 0 Å². The number of carbonyl (C=O) groups is 3. The number of carboxylic acids is 2. The second-order valence-electron chi connectivity index (χ2n) is 5.07. The third-order valence-corrected chi connectivity index (χ3v) is 3.16. The van der Waals surface area contributed by atoms with E-state index in [1.54, 1.807) is 6.08 Å². The van der Waals surface area contributed by atoms with Gasteiger partial charge in [0.05, 0.1) is 5.78 Å². The van der Waals surface area contributed by atoms with Crippen LogP contribution in [0.4, 0.5) is 0 Å².